The number of carboxylic acids is 1. The number of aliphatic carboxylic acids is 1. The van der Waals surface area contributed by atoms with Crippen molar-refractivity contribution in [3.8, 4) is 0 Å². The van der Waals surface area contributed by atoms with Crippen LogP contribution in [-0.4, -0.2) is 51.8 Å². The van der Waals surface area contributed by atoms with Crippen molar-refractivity contribution in [1.29, 1.82) is 0 Å². The molecule has 1 aliphatic rings. The van der Waals surface area contributed by atoms with Crippen molar-refractivity contribution in [2.75, 3.05) is 13.1 Å². The highest BCUT2D eigenvalue weighted by Gasteiger charge is 2.35. The van der Waals surface area contributed by atoms with Crippen LogP contribution in [0.4, 0.5) is 4.79 Å². The van der Waals surface area contributed by atoms with E-state index in [-0.39, 0.29) is 13.1 Å². The maximum Gasteiger partial charge on any atom is 0.328 e. The molecule has 1 saturated heterocycles. The van der Waals surface area contributed by atoms with Crippen LogP contribution in [0.1, 0.15) is 13.8 Å². The molecule has 0 unspecified atom stereocenters. The van der Waals surface area contributed by atoms with Crippen LogP contribution in [0, 0.1) is 0 Å². The number of aliphatic hydroxyl groups excluding tert-OH is 1. The van der Waals surface area contributed by atoms with Crippen LogP contribution in [0.3, 0.4) is 0 Å². The lowest BCUT2D eigenvalue weighted by molar-refractivity contribution is -0.143. The second kappa shape index (κ2) is 3.45. The molecule has 1 aliphatic heterocycles. The molecule has 2 amide bonds. The summed E-state index contributed by atoms with van der Waals surface area (Å²) >= 11 is 0. The van der Waals surface area contributed by atoms with Gasteiger partial charge in [-0.25, -0.2) is 9.59 Å². The molecule has 1 heterocycles. The fourth-order valence-corrected chi connectivity index (χ4v) is 1.02. The maximum absolute atomic E-state index is 11.3. The Hall–Kier alpha value is -1.30. The first kappa shape index (κ1) is 10.8. The number of likely N-dealkylation sites (tertiary alicyclic amines) is 1. The molecule has 0 aromatic rings. The summed E-state index contributed by atoms with van der Waals surface area (Å²) in [6.07, 6.45) is -0.478. The van der Waals surface area contributed by atoms with E-state index in [2.05, 4.69) is 5.32 Å². The van der Waals surface area contributed by atoms with E-state index < -0.39 is 23.6 Å². The molecule has 3 N–H and O–H groups in total. The van der Waals surface area contributed by atoms with E-state index in [1.807, 2.05) is 0 Å². The van der Waals surface area contributed by atoms with Gasteiger partial charge < -0.3 is 20.4 Å². The normalized spacial score (nSPS) is 17.5. The van der Waals surface area contributed by atoms with E-state index >= 15 is 0 Å². The molecule has 1 fully saturated rings. The van der Waals surface area contributed by atoms with Gasteiger partial charge in [-0.1, -0.05) is 0 Å². The third-order valence-electron chi connectivity index (χ3n) is 2.10. The summed E-state index contributed by atoms with van der Waals surface area (Å²) in [6, 6.07) is -0.456. The van der Waals surface area contributed by atoms with Crippen molar-refractivity contribution in [1.82, 2.24) is 10.2 Å². The predicted molar refractivity (Wildman–Crippen MR) is 47.8 cm³/mol. The van der Waals surface area contributed by atoms with Crippen LogP contribution in [0.5, 0.6) is 0 Å². The highest BCUT2D eigenvalue weighted by molar-refractivity contribution is 5.85. The standard InChI is InChI=1S/C8H14N2O4/c1-8(2,6(12)13)9-7(14)10-3-5(11)4-10/h5,11H,3-4H2,1-2H3,(H,9,14)(H,12,13). The number of carboxylic acid groups (broad SMARTS) is 1. The van der Waals surface area contributed by atoms with Crippen molar-refractivity contribution >= 4 is 12.0 Å². The molecular formula is C8H14N2O4. The minimum absolute atomic E-state index is 0.265. The summed E-state index contributed by atoms with van der Waals surface area (Å²) in [4.78, 5) is 23.4. The van der Waals surface area contributed by atoms with Crippen molar-refractivity contribution in [2.24, 2.45) is 0 Å². The van der Waals surface area contributed by atoms with Gasteiger partial charge in [-0.3, -0.25) is 0 Å². The van der Waals surface area contributed by atoms with Gasteiger partial charge in [0.1, 0.15) is 5.54 Å². The lowest BCUT2D eigenvalue weighted by Crippen LogP contribution is -2.61. The number of β-amino-alcohol motifs (C(OH)–C–C–N with tert-alkyl or cyclic N) is 1. The molecule has 0 aromatic carbocycles. The number of rotatable bonds is 2. The molecule has 0 atom stereocenters. The topological polar surface area (TPSA) is 89.9 Å². The first-order valence-electron chi connectivity index (χ1n) is 4.31. The largest absolute Gasteiger partial charge is 0.480 e. The molecule has 0 bridgehead atoms. The number of nitrogens with zero attached hydrogens (tertiary/aromatic N) is 1. The average Bonchev–Trinajstić information content (AvgIpc) is 1.97. The second-order valence-corrected chi connectivity index (χ2v) is 3.92. The first-order valence-corrected chi connectivity index (χ1v) is 4.31. The van der Waals surface area contributed by atoms with Crippen molar-refractivity contribution in [3.05, 3.63) is 0 Å². The molecule has 14 heavy (non-hydrogen) atoms. The molecular weight excluding hydrogens is 188 g/mol. The third-order valence-corrected chi connectivity index (χ3v) is 2.10. The van der Waals surface area contributed by atoms with Gasteiger partial charge in [0.05, 0.1) is 19.2 Å². The number of hydrogen-bond acceptors (Lipinski definition) is 3. The molecule has 1 rings (SSSR count). The molecule has 0 aliphatic carbocycles. The Kier molecular flexibility index (Phi) is 2.66. The van der Waals surface area contributed by atoms with E-state index in [1.54, 1.807) is 0 Å². The molecule has 0 spiro atoms. The van der Waals surface area contributed by atoms with Gasteiger partial charge in [-0.05, 0) is 13.8 Å². The Morgan fingerprint density at radius 2 is 1.93 bits per heavy atom. The zero-order valence-electron chi connectivity index (χ0n) is 8.15. The van der Waals surface area contributed by atoms with Crippen LogP contribution in [0.15, 0.2) is 0 Å². The third kappa shape index (κ3) is 2.14. The number of aliphatic hydroxyl groups is 1. The fraction of sp³-hybridized carbons (Fsp3) is 0.750. The second-order valence-electron chi connectivity index (χ2n) is 3.92. The van der Waals surface area contributed by atoms with Crippen LogP contribution in [0.2, 0.25) is 0 Å². The SMILES string of the molecule is CC(C)(NC(=O)N1CC(O)C1)C(=O)O. The molecule has 0 aromatic heterocycles. The van der Waals surface area contributed by atoms with Gasteiger partial charge in [0.25, 0.3) is 0 Å². The Morgan fingerprint density at radius 3 is 2.29 bits per heavy atom. The van der Waals surface area contributed by atoms with Crippen LogP contribution in [0.25, 0.3) is 0 Å². The van der Waals surface area contributed by atoms with E-state index in [1.165, 1.54) is 18.7 Å². The van der Waals surface area contributed by atoms with Gasteiger partial charge in [-0.15, -0.1) is 0 Å². The van der Waals surface area contributed by atoms with Crippen molar-refractivity contribution in [2.45, 2.75) is 25.5 Å². The lowest BCUT2D eigenvalue weighted by Gasteiger charge is -2.37. The summed E-state index contributed by atoms with van der Waals surface area (Å²) < 4.78 is 0. The zero-order chi connectivity index (χ0) is 10.9. The van der Waals surface area contributed by atoms with Crippen molar-refractivity contribution in [3.63, 3.8) is 0 Å². The highest BCUT2D eigenvalue weighted by atomic mass is 16.4. The van der Waals surface area contributed by atoms with E-state index in [9.17, 15) is 9.59 Å². The van der Waals surface area contributed by atoms with Gasteiger partial charge in [0.15, 0.2) is 0 Å². The van der Waals surface area contributed by atoms with E-state index in [4.69, 9.17) is 10.2 Å². The number of amides is 2. The Bertz CT molecular complexity index is 258. The minimum Gasteiger partial charge on any atom is -0.480 e. The monoisotopic (exact) mass is 202 g/mol. The Morgan fingerprint density at radius 1 is 1.43 bits per heavy atom. The van der Waals surface area contributed by atoms with Gasteiger partial charge in [0.2, 0.25) is 0 Å². The highest BCUT2D eigenvalue weighted by Crippen LogP contribution is 2.10. The minimum atomic E-state index is -1.28. The summed E-state index contributed by atoms with van der Waals surface area (Å²) in [5.74, 6) is -1.09. The molecule has 80 valence electrons. The average molecular weight is 202 g/mol. The summed E-state index contributed by atoms with van der Waals surface area (Å²) in [7, 11) is 0. The lowest BCUT2D eigenvalue weighted by atomic mass is 10.1. The van der Waals surface area contributed by atoms with E-state index in [0.717, 1.165) is 0 Å². The van der Waals surface area contributed by atoms with Crippen LogP contribution >= 0.6 is 0 Å². The number of nitrogens with one attached hydrogen (secondary N) is 1. The fourth-order valence-electron chi connectivity index (χ4n) is 1.02. The van der Waals surface area contributed by atoms with Crippen LogP contribution in [-0.2, 0) is 4.79 Å². The first-order chi connectivity index (χ1) is 6.33. The molecule has 6 heteroatoms. The number of carbonyl (C=O) groups excluding carboxylic acids is 1. The zero-order valence-corrected chi connectivity index (χ0v) is 8.15. The number of hydrogen-bond donors (Lipinski definition) is 3. The summed E-state index contributed by atoms with van der Waals surface area (Å²) in [5.41, 5.74) is -1.28. The number of carbonyl (C=O) groups is 2. The molecule has 0 radical (unpaired) electrons. The molecule has 0 saturated carbocycles. The van der Waals surface area contributed by atoms with Crippen LogP contribution < -0.4 is 5.32 Å². The number of urea groups is 1. The maximum atomic E-state index is 11.3. The smallest absolute Gasteiger partial charge is 0.328 e. The summed E-state index contributed by atoms with van der Waals surface area (Å²) in [5, 5.41) is 20.0. The van der Waals surface area contributed by atoms with Gasteiger partial charge in [0, 0.05) is 0 Å². The van der Waals surface area contributed by atoms with Gasteiger partial charge >= 0.3 is 12.0 Å². The Balaban J connectivity index is 2.45. The van der Waals surface area contributed by atoms with Gasteiger partial charge in [-0.2, -0.15) is 0 Å². The summed E-state index contributed by atoms with van der Waals surface area (Å²) in [6.45, 7) is 3.34. The quantitative estimate of drug-likeness (QED) is 0.548. The predicted octanol–water partition coefficient (Wildman–Crippen LogP) is -0.764. The molecule has 6 nitrogen and oxygen atoms in total. The van der Waals surface area contributed by atoms with E-state index in [0.29, 0.717) is 0 Å². The Labute approximate surface area is 81.5 Å². The van der Waals surface area contributed by atoms with Crippen molar-refractivity contribution < 1.29 is 19.8 Å².